The Hall–Kier alpha value is -3.09. The summed E-state index contributed by atoms with van der Waals surface area (Å²) in [5, 5.41) is 0. The van der Waals surface area contributed by atoms with Crippen LogP contribution in [0.15, 0.2) is 42.5 Å². The number of ether oxygens (including phenoxy) is 2. The number of fused-ring (bicyclic) bond motifs is 1. The van der Waals surface area contributed by atoms with Gasteiger partial charge in [0.1, 0.15) is 12.2 Å². The molecule has 2 heterocycles. The molecule has 1 fully saturated rings. The number of hydrogen-bond donors (Lipinski definition) is 0. The van der Waals surface area contributed by atoms with E-state index in [1.807, 2.05) is 32.0 Å². The summed E-state index contributed by atoms with van der Waals surface area (Å²) < 4.78 is 25.6. The van der Waals surface area contributed by atoms with Crippen molar-refractivity contribution in [2.24, 2.45) is 0 Å². The van der Waals surface area contributed by atoms with E-state index in [0.717, 1.165) is 12.0 Å². The summed E-state index contributed by atoms with van der Waals surface area (Å²) >= 11 is 0. The highest BCUT2D eigenvalue weighted by Gasteiger charge is 2.42. The average molecular weight is 441 g/mol. The number of benzene rings is 2. The van der Waals surface area contributed by atoms with Crippen LogP contribution in [0.5, 0.6) is 11.5 Å². The minimum absolute atomic E-state index is 0.0259. The minimum atomic E-state index is -1.22. The van der Waals surface area contributed by atoms with E-state index in [-0.39, 0.29) is 24.8 Å². The van der Waals surface area contributed by atoms with E-state index in [2.05, 4.69) is 6.07 Å². The summed E-state index contributed by atoms with van der Waals surface area (Å²) in [5.41, 5.74) is 2.69. The van der Waals surface area contributed by atoms with Gasteiger partial charge >= 0.3 is 0 Å². The lowest BCUT2D eigenvalue weighted by Crippen LogP contribution is -2.49. The Bertz CT molecular complexity index is 996. The highest BCUT2D eigenvalue weighted by molar-refractivity contribution is 5.98. The van der Waals surface area contributed by atoms with E-state index in [9.17, 15) is 14.0 Å². The molecule has 7 heteroatoms. The third-order valence-corrected chi connectivity index (χ3v) is 6.03. The zero-order valence-electron chi connectivity index (χ0n) is 18.6. The van der Waals surface area contributed by atoms with Crippen molar-refractivity contribution in [1.29, 1.82) is 0 Å². The van der Waals surface area contributed by atoms with Crippen LogP contribution in [0.4, 0.5) is 4.39 Å². The first kappa shape index (κ1) is 22.1. The fourth-order valence-corrected chi connectivity index (χ4v) is 4.49. The molecule has 0 aliphatic carbocycles. The van der Waals surface area contributed by atoms with Crippen molar-refractivity contribution in [3.8, 4) is 11.5 Å². The second kappa shape index (κ2) is 9.59. The van der Waals surface area contributed by atoms with Gasteiger partial charge < -0.3 is 19.3 Å². The number of halogens is 1. The van der Waals surface area contributed by atoms with Gasteiger partial charge in [0.2, 0.25) is 5.91 Å². The van der Waals surface area contributed by atoms with Gasteiger partial charge in [-0.2, -0.15) is 0 Å². The number of amides is 2. The number of carbonyl (C=O) groups excluding carboxylic acids is 2. The molecule has 0 bridgehead atoms. The van der Waals surface area contributed by atoms with Gasteiger partial charge in [-0.05, 0) is 49.6 Å². The van der Waals surface area contributed by atoms with Gasteiger partial charge in [-0.3, -0.25) is 9.59 Å². The Balaban J connectivity index is 1.54. The average Bonchev–Trinajstić information content (AvgIpc) is 3.20. The first-order valence-corrected chi connectivity index (χ1v) is 11.2. The summed E-state index contributed by atoms with van der Waals surface area (Å²) in [6.45, 7) is 5.59. The van der Waals surface area contributed by atoms with Crippen LogP contribution in [-0.4, -0.2) is 60.1 Å². The van der Waals surface area contributed by atoms with Gasteiger partial charge in [-0.25, -0.2) is 4.39 Å². The molecule has 0 aromatic heterocycles. The van der Waals surface area contributed by atoms with Gasteiger partial charge in [-0.1, -0.05) is 24.3 Å². The van der Waals surface area contributed by atoms with Crippen LogP contribution in [-0.2, 0) is 17.8 Å². The fourth-order valence-electron chi connectivity index (χ4n) is 4.49. The van der Waals surface area contributed by atoms with E-state index in [1.54, 1.807) is 23.1 Å². The number of rotatable bonds is 6. The number of hydrogen-bond acceptors (Lipinski definition) is 4. The van der Waals surface area contributed by atoms with Gasteiger partial charge in [0.15, 0.2) is 11.5 Å². The maximum absolute atomic E-state index is 14.4. The van der Waals surface area contributed by atoms with Crippen molar-refractivity contribution in [3.05, 3.63) is 59.2 Å². The number of carbonyl (C=O) groups is 2. The maximum atomic E-state index is 14.4. The van der Waals surface area contributed by atoms with Crippen LogP contribution in [0.25, 0.3) is 0 Å². The lowest BCUT2D eigenvalue weighted by atomic mass is 9.99. The molecule has 32 heavy (non-hydrogen) atoms. The predicted octanol–water partition coefficient (Wildman–Crippen LogP) is 3.62. The molecule has 2 atom stereocenters. The molecule has 0 N–H and O–H groups in total. The van der Waals surface area contributed by atoms with Crippen molar-refractivity contribution < 1.29 is 23.5 Å². The Morgan fingerprint density at radius 3 is 2.50 bits per heavy atom. The fraction of sp³-hybridized carbons (Fsp3) is 0.440. The first-order chi connectivity index (χ1) is 15.5. The topological polar surface area (TPSA) is 59.1 Å². The SMILES string of the molecule is CCOc1ccc(C(=O)N2C[C@@H](F)C[C@H]2C(=O)N2CCc3ccccc3C2)cc1OCC. The monoisotopic (exact) mass is 440 g/mol. The van der Waals surface area contributed by atoms with Crippen LogP contribution < -0.4 is 9.47 Å². The molecule has 4 rings (SSSR count). The van der Waals surface area contributed by atoms with Crippen LogP contribution in [0.2, 0.25) is 0 Å². The van der Waals surface area contributed by atoms with Crippen molar-refractivity contribution >= 4 is 11.8 Å². The lowest BCUT2D eigenvalue weighted by molar-refractivity contribution is -0.136. The van der Waals surface area contributed by atoms with E-state index in [0.29, 0.717) is 43.4 Å². The van der Waals surface area contributed by atoms with Crippen molar-refractivity contribution in [2.45, 2.75) is 45.4 Å². The summed E-state index contributed by atoms with van der Waals surface area (Å²) in [6, 6.07) is 12.2. The Kier molecular flexibility index (Phi) is 6.63. The first-order valence-electron chi connectivity index (χ1n) is 11.2. The third-order valence-electron chi connectivity index (χ3n) is 6.03. The molecule has 0 saturated carbocycles. The van der Waals surface area contributed by atoms with E-state index < -0.39 is 12.2 Å². The Labute approximate surface area is 187 Å². The summed E-state index contributed by atoms with van der Waals surface area (Å²) in [7, 11) is 0. The molecule has 1 saturated heterocycles. The Morgan fingerprint density at radius 2 is 1.75 bits per heavy atom. The molecule has 2 aromatic rings. The van der Waals surface area contributed by atoms with Crippen LogP contribution >= 0.6 is 0 Å². The van der Waals surface area contributed by atoms with Gasteiger partial charge in [0.05, 0.1) is 19.8 Å². The smallest absolute Gasteiger partial charge is 0.254 e. The molecule has 0 spiro atoms. The lowest BCUT2D eigenvalue weighted by Gasteiger charge is -2.33. The highest BCUT2D eigenvalue weighted by Crippen LogP contribution is 2.31. The highest BCUT2D eigenvalue weighted by atomic mass is 19.1. The predicted molar refractivity (Wildman–Crippen MR) is 119 cm³/mol. The second-order valence-corrected chi connectivity index (χ2v) is 8.11. The van der Waals surface area contributed by atoms with E-state index >= 15 is 0 Å². The third kappa shape index (κ3) is 4.42. The largest absolute Gasteiger partial charge is 0.490 e. The zero-order valence-corrected chi connectivity index (χ0v) is 18.6. The molecule has 170 valence electrons. The van der Waals surface area contributed by atoms with Crippen molar-refractivity contribution in [1.82, 2.24) is 9.80 Å². The Morgan fingerprint density at radius 1 is 1.03 bits per heavy atom. The maximum Gasteiger partial charge on any atom is 0.254 e. The molecule has 6 nitrogen and oxygen atoms in total. The normalized spacial score (nSPS) is 20.1. The van der Waals surface area contributed by atoms with E-state index in [4.69, 9.17) is 9.47 Å². The number of nitrogens with zero attached hydrogens (tertiary/aromatic N) is 2. The van der Waals surface area contributed by atoms with Crippen LogP contribution in [0.3, 0.4) is 0 Å². The second-order valence-electron chi connectivity index (χ2n) is 8.11. The standard InChI is InChI=1S/C25H29FN2O4/c1-3-31-22-10-9-18(13-23(22)32-4-2)24(29)28-16-20(26)14-21(28)25(30)27-12-11-17-7-5-6-8-19(17)15-27/h5-10,13,20-21H,3-4,11-12,14-16H2,1-2H3/t20-,21-/m0/s1. The number of likely N-dealkylation sites (tertiary alicyclic amines) is 1. The number of alkyl halides is 1. The summed E-state index contributed by atoms with van der Waals surface area (Å²) in [5.74, 6) is 0.455. The molecule has 2 aliphatic heterocycles. The minimum Gasteiger partial charge on any atom is -0.490 e. The van der Waals surface area contributed by atoms with Crippen LogP contribution in [0.1, 0.15) is 41.8 Å². The van der Waals surface area contributed by atoms with Crippen molar-refractivity contribution in [2.75, 3.05) is 26.3 Å². The summed E-state index contributed by atoms with van der Waals surface area (Å²) in [4.78, 5) is 29.8. The molecule has 2 amide bonds. The van der Waals surface area contributed by atoms with E-state index in [1.165, 1.54) is 10.5 Å². The van der Waals surface area contributed by atoms with Crippen molar-refractivity contribution in [3.63, 3.8) is 0 Å². The van der Waals surface area contributed by atoms with Gasteiger partial charge in [-0.15, -0.1) is 0 Å². The van der Waals surface area contributed by atoms with Gasteiger partial charge in [0.25, 0.3) is 5.91 Å². The zero-order chi connectivity index (χ0) is 22.7. The molecule has 0 unspecified atom stereocenters. The van der Waals surface area contributed by atoms with Crippen LogP contribution in [0, 0.1) is 0 Å². The molecule has 0 radical (unpaired) electrons. The van der Waals surface area contributed by atoms with Gasteiger partial charge in [0, 0.05) is 25.1 Å². The molecule has 2 aliphatic rings. The quantitative estimate of drug-likeness (QED) is 0.689. The molecular formula is C25H29FN2O4. The molecular weight excluding hydrogens is 411 g/mol. The molecule has 2 aromatic carbocycles. The summed E-state index contributed by atoms with van der Waals surface area (Å²) in [6.07, 6.45) is -0.435.